The lowest BCUT2D eigenvalue weighted by molar-refractivity contribution is 0.0697. The van der Waals surface area contributed by atoms with Crippen molar-refractivity contribution in [1.29, 1.82) is 0 Å². The second-order valence-corrected chi connectivity index (χ2v) is 4.26. The van der Waals surface area contributed by atoms with Crippen LogP contribution in [0.15, 0.2) is 12.1 Å². The maximum atomic E-state index is 11.0. The van der Waals surface area contributed by atoms with Gasteiger partial charge in [-0.1, -0.05) is 31.9 Å². The molecule has 2 N–H and O–H groups in total. The highest BCUT2D eigenvalue weighted by Crippen LogP contribution is 2.19. The van der Waals surface area contributed by atoms with E-state index in [4.69, 9.17) is 16.7 Å². The molecule has 0 radical (unpaired) electrons. The van der Waals surface area contributed by atoms with Crippen LogP contribution in [0.4, 0.5) is 5.82 Å². The second-order valence-electron chi connectivity index (χ2n) is 3.87. The Kier molecular flexibility index (Phi) is 5.22. The van der Waals surface area contributed by atoms with E-state index in [0.717, 1.165) is 19.3 Å². The number of hydrogen-bond donors (Lipinski definition) is 2. The first-order chi connectivity index (χ1) is 8.08. The van der Waals surface area contributed by atoms with Crippen LogP contribution in [0.1, 0.15) is 43.5 Å². The molecule has 4 nitrogen and oxygen atoms in total. The predicted octanol–water partition coefficient (Wildman–Crippen LogP) is 3.42. The molecule has 1 aromatic rings. The molecule has 0 amide bonds. The van der Waals surface area contributed by atoms with E-state index in [1.165, 1.54) is 12.1 Å². The minimum Gasteiger partial charge on any atom is -0.478 e. The molecule has 1 rings (SSSR count). The van der Waals surface area contributed by atoms with Crippen molar-refractivity contribution in [3.05, 3.63) is 22.8 Å². The summed E-state index contributed by atoms with van der Waals surface area (Å²) in [6.07, 6.45) is 2.93. The van der Waals surface area contributed by atoms with Gasteiger partial charge in [0.2, 0.25) is 0 Å². The van der Waals surface area contributed by atoms with Crippen LogP contribution in [0, 0.1) is 0 Å². The molecule has 0 aromatic carbocycles. The molecule has 5 heteroatoms. The minimum absolute atomic E-state index is 0.156. The molecule has 1 unspecified atom stereocenters. The number of aromatic carboxylic acids is 1. The molecule has 0 aliphatic heterocycles. The van der Waals surface area contributed by atoms with Crippen LogP contribution in [-0.2, 0) is 0 Å². The van der Waals surface area contributed by atoms with Crippen molar-refractivity contribution in [1.82, 2.24) is 4.98 Å². The molecule has 1 aromatic heterocycles. The number of carboxylic acids is 1. The van der Waals surface area contributed by atoms with Gasteiger partial charge in [0.05, 0.1) is 0 Å². The van der Waals surface area contributed by atoms with Gasteiger partial charge in [0.15, 0.2) is 0 Å². The van der Waals surface area contributed by atoms with Crippen molar-refractivity contribution in [2.75, 3.05) is 5.32 Å². The molecule has 0 bridgehead atoms. The van der Waals surface area contributed by atoms with Gasteiger partial charge >= 0.3 is 5.97 Å². The second kappa shape index (κ2) is 6.45. The topological polar surface area (TPSA) is 62.2 Å². The smallest absolute Gasteiger partial charge is 0.339 e. The van der Waals surface area contributed by atoms with E-state index < -0.39 is 5.97 Å². The number of pyridine rings is 1. The van der Waals surface area contributed by atoms with Gasteiger partial charge in [-0.2, -0.15) is 0 Å². The first kappa shape index (κ1) is 13.8. The van der Waals surface area contributed by atoms with Gasteiger partial charge in [-0.15, -0.1) is 0 Å². The van der Waals surface area contributed by atoms with Crippen molar-refractivity contribution in [2.45, 2.75) is 39.2 Å². The van der Waals surface area contributed by atoms with E-state index >= 15 is 0 Å². The van der Waals surface area contributed by atoms with Crippen molar-refractivity contribution >= 4 is 23.4 Å². The Labute approximate surface area is 106 Å². The Morgan fingerprint density at radius 1 is 1.53 bits per heavy atom. The number of nitrogens with zero attached hydrogens (tertiary/aromatic N) is 1. The van der Waals surface area contributed by atoms with Gasteiger partial charge in [-0.05, 0) is 25.0 Å². The van der Waals surface area contributed by atoms with E-state index in [9.17, 15) is 4.79 Å². The summed E-state index contributed by atoms with van der Waals surface area (Å²) < 4.78 is 0. The Morgan fingerprint density at radius 3 is 2.76 bits per heavy atom. The van der Waals surface area contributed by atoms with Gasteiger partial charge in [0.1, 0.15) is 16.5 Å². The summed E-state index contributed by atoms with van der Waals surface area (Å²) in [5.41, 5.74) is 0.156. The van der Waals surface area contributed by atoms with Crippen LogP contribution < -0.4 is 5.32 Å². The Bertz CT molecular complexity index is 396. The molecule has 0 aliphatic rings. The first-order valence-electron chi connectivity index (χ1n) is 5.74. The largest absolute Gasteiger partial charge is 0.478 e. The van der Waals surface area contributed by atoms with Gasteiger partial charge in [0, 0.05) is 6.04 Å². The zero-order chi connectivity index (χ0) is 12.8. The van der Waals surface area contributed by atoms with Crippen LogP contribution in [0.3, 0.4) is 0 Å². The van der Waals surface area contributed by atoms with Gasteiger partial charge in [-0.25, -0.2) is 9.78 Å². The molecule has 0 aliphatic carbocycles. The third kappa shape index (κ3) is 3.89. The van der Waals surface area contributed by atoms with E-state index in [1.54, 1.807) is 0 Å². The normalized spacial score (nSPS) is 12.2. The number of carboxylic acid groups (broad SMARTS) is 1. The zero-order valence-electron chi connectivity index (χ0n) is 10.0. The standard InChI is InChI=1S/C12H17ClN2O2/c1-3-5-8(4-2)14-11-9(12(16)17)6-7-10(13)15-11/h6-8H,3-5H2,1-2H3,(H,14,15)(H,16,17). The maximum Gasteiger partial charge on any atom is 0.339 e. The molecule has 94 valence electrons. The van der Waals surface area contributed by atoms with E-state index in [0.29, 0.717) is 11.0 Å². The fourth-order valence-electron chi connectivity index (χ4n) is 1.64. The third-order valence-corrected chi connectivity index (χ3v) is 2.77. The number of halogens is 1. The van der Waals surface area contributed by atoms with Crippen LogP contribution in [0.25, 0.3) is 0 Å². The first-order valence-corrected chi connectivity index (χ1v) is 6.12. The number of anilines is 1. The third-order valence-electron chi connectivity index (χ3n) is 2.56. The van der Waals surface area contributed by atoms with Crippen LogP contribution in [-0.4, -0.2) is 22.1 Å². The molecular weight excluding hydrogens is 240 g/mol. The lowest BCUT2D eigenvalue weighted by Crippen LogP contribution is -2.20. The lowest BCUT2D eigenvalue weighted by atomic mass is 10.1. The highest BCUT2D eigenvalue weighted by atomic mass is 35.5. The molecule has 0 spiro atoms. The molecule has 0 fully saturated rings. The fourth-order valence-corrected chi connectivity index (χ4v) is 1.79. The SMILES string of the molecule is CCCC(CC)Nc1nc(Cl)ccc1C(=O)O. The number of hydrogen-bond acceptors (Lipinski definition) is 3. The van der Waals surface area contributed by atoms with Crippen molar-refractivity contribution < 1.29 is 9.90 Å². The molecule has 0 saturated heterocycles. The summed E-state index contributed by atoms with van der Waals surface area (Å²) in [4.78, 5) is 15.1. The minimum atomic E-state index is -0.997. The summed E-state index contributed by atoms with van der Waals surface area (Å²) >= 11 is 5.78. The van der Waals surface area contributed by atoms with Crippen molar-refractivity contribution in [3.63, 3.8) is 0 Å². The van der Waals surface area contributed by atoms with E-state index in [1.807, 2.05) is 0 Å². The highest BCUT2D eigenvalue weighted by Gasteiger charge is 2.14. The quantitative estimate of drug-likeness (QED) is 0.766. The Hall–Kier alpha value is -1.29. The predicted molar refractivity (Wildman–Crippen MR) is 68.8 cm³/mol. The molecule has 17 heavy (non-hydrogen) atoms. The average molecular weight is 257 g/mol. The summed E-state index contributed by atoms with van der Waals surface area (Å²) in [5.74, 6) is -0.645. The molecule has 1 heterocycles. The monoisotopic (exact) mass is 256 g/mol. The molecule has 0 saturated carbocycles. The van der Waals surface area contributed by atoms with E-state index in [2.05, 4.69) is 24.1 Å². The van der Waals surface area contributed by atoms with E-state index in [-0.39, 0.29) is 11.6 Å². The number of aromatic nitrogens is 1. The van der Waals surface area contributed by atoms with Crippen LogP contribution in [0.5, 0.6) is 0 Å². The molecule has 1 atom stereocenters. The summed E-state index contributed by atoms with van der Waals surface area (Å²) in [6, 6.07) is 3.18. The summed E-state index contributed by atoms with van der Waals surface area (Å²) in [5, 5.41) is 12.5. The summed E-state index contributed by atoms with van der Waals surface area (Å²) in [7, 11) is 0. The van der Waals surface area contributed by atoms with Crippen LogP contribution in [0.2, 0.25) is 5.15 Å². The van der Waals surface area contributed by atoms with Gasteiger partial charge in [-0.3, -0.25) is 0 Å². The van der Waals surface area contributed by atoms with Crippen molar-refractivity contribution in [3.8, 4) is 0 Å². The van der Waals surface area contributed by atoms with Crippen molar-refractivity contribution in [2.24, 2.45) is 0 Å². The van der Waals surface area contributed by atoms with Crippen LogP contribution >= 0.6 is 11.6 Å². The summed E-state index contributed by atoms with van der Waals surface area (Å²) in [6.45, 7) is 4.15. The number of nitrogens with one attached hydrogen (secondary N) is 1. The van der Waals surface area contributed by atoms with Gasteiger partial charge in [0.25, 0.3) is 0 Å². The Morgan fingerprint density at radius 2 is 2.24 bits per heavy atom. The average Bonchev–Trinajstić information content (AvgIpc) is 2.28. The lowest BCUT2D eigenvalue weighted by Gasteiger charge is -2.18. The highest BCUT2D eigenvalue weighted by molar-refractivity contribution is 6.29. The zero-order valence-corrected chi connectivity index (χ0v) is 10.8. The maximum absolute atomic E-state index is 11.0. The Balaban J connectivity index is 2.94. The number of carbonyl (C=O) groups is 1. The van der Waals surface area contributed by atoms with Gasteiger partial charge < -0.3 is 10.4 Å². The number of rotatable bonds is 6. The molecular formula is C12H17ClN2O2. The fraction of sp³-hybridized carbons (Fsp3) is 0.500.